The highest BCUT2D eigenvalue weighted by Gasteiger charge is 2.02. The van der Waals surface area contributed by atoms with Crippen LogP contribution < -0.4 is 0 Å². The van der Waals surface area contributed by atoms with Crippen molar-refractivity contribution in [2.75, 3.05) is 0 Å². The average molecular weight is 287 g/mol. The summed E-state index contributed by atoms with van der Waals surface area (Å²) < 4.78 is 0. The highest BCUT2D eigenvalue weighted by molar-refractivity contribution is 5.54. The number of rotatable bonds is 12. The molecule has 0 unspecified atom stereocenters. The summed E-state index contributed by atoms with van der Waals surface area (Å²) in [4.78, 5) is 0. The van der Waals surface area contributed by atoms with Crippen LogP contribution in [0.4, 0.5) is 0 Å². The van der Waals surface area contributed by atoms with E-state index in [1.54, 1.807) is 0 Å². The SMILES string of the molecule is C=Cc1cccc(C)c1CCCCCCCCCCCC. The van der Waals surface area contributed by atoms with Crippen LogP contribution in [0.3, 0.4) is 0 Å². The molecule has 1 rings (SSSR count). The molecule has 0 heterocycles. The molecule has 0 radical (unpaired) electrons. The number of unbranched alkanes of at least 4 members (excludes halogenated alkanes) is 9. The van der Waals surface area contributed by atoms with E-state index < -0.39 is 0 Å². The molecule has 0 atom stereocenters. The molecule has 0 aliphatic carbocycles. The molecule has 0 N–H and O–H groups in total. The van der Waals surface area contributed by atoms with Gasteiger partial charge in [0.25, 0.3) is 0 Å². The van der Waals surface area contributed by atoms with E-state index in [9.17, 15) is 0 Å². The molecule has 0 aliphatic rings. The summed E-state index contributed by atoms with van der Waals surface area (Å²) >= 11 is 0. The van der Waals surface area contributed by atoms with Crippen molar-refractivity contribution in [2.45, 2.75) is 84.5 Å². The number of benzene rings is 1. The number of aryl methyl sites for hydroxylation is 1. The van der Waals surface area contributed by atoms with E-state index in [-0.39, 0.29) is 0 Å². The lowest BCUT2D eigenvalue weighted by Crippen LogP contribution is -1.94. The summed E-state index contributed by atoms with van der Waals surface area (Å²) in [5, 5.41) is 0. The Labute approximate surface area is 132 Å². The molecule has 1 aromatic carbocycles. The van der Waals surface area contributed by atoms with Crippen LogP contribution in [-0.2, 0) is 6.42 Å². The third-order valence-electron chi connectivity index (χ3n) is 4.45. The predicted molar refractivity (Wildman–Crippen MR) is 96.8 cm³/mol. The van der Waals surface area contributed by atoms with E-state index in [1.807, 2.05) is 6.08 Å². The van der Waals surface area contributed by atoms with Crippen molar-refractivity contribution in [1.82, 2.24) is 0 Å². The van der Waals surface area contributed by atoms with Gasteiger partial charge in [-0.05, 0) is 36.5 Å². The van der Waals surface area contributed by atoms with Crippen molar-refractivity contribution in [1.29, 1.82) is 0 Å². The van der Waals surface area contributed by atoms with Gasteiger partial charge >= 0.3 is 0 Å². The second kappa shape index (κ2) is 11.6. The van der Waals surface area contributed by atoms with Crippen LogP contribution in [0.1, 0.15) is 87.8 Å². The smallest absolute Gasteiger partial charge is 0.0228 e. The summed E-state index contributed by atoms with van der Waals surface area (Å²) in [5.74, 6) is 0. The van der Waals surface area contributed by atoms with Crippen LogP contribution in [0.2, 0.25) is 0 Å². The molecule has 0 aromatic heterocycles. The molecular weight excluding hydrogens is 252 g/mol. The lowest BCUT2D eigenvalue weighted by Gasteiger charge is -2.09. The zero-order chi connectivity index (χ0) is 15.3. The third kappa shape index (κ3) is 7.50. The second-order valence-electron chi connectivity index (χ2n) is 6.28. The second-order valence-corrected chi connectivity index (χ2v) is 6.28. The van der Waals surface area contributed by atoms with Gasteiger partial charge in [0.2, 0.25) is 0 Å². The first-order chi connectivity index (χ1) is 10.3. The van der Waals surface area contributed by atoms with Crippen LogP contribution in [-0.4, -0.2) is 0 Å². The van der Waals surface area contributed by atoms with E-state index in [1.165, 1.54) is 87.3 Å². The summed E-state index contributed by atoms with van der Waals surface area (Å²) in [6.45, 7) is 8.44. The van der Waals surface area contributed by atoms with Gasteiger partial charge in [-0.2, -0.15) is 0 Å². The molecule has 0 bridgehead atoms. The Morgan fingerprint density at radius 3 is 2.00 bits per heavy atom. The van der Waals surface area contributed by atoms with E-state index in [0.29, 0.717) is 0 Å². The van der Waals surface area contributed by atoms with Crippen LogP contribution in [0, 0.1) is 6.92 Å². The van der Waals surface area contributed by atoms with Crippen LogP contribution >= 0.6 is 0 Å². The molecule has 1 aromatic rings. The molecule has 0 aliphatic heterocycles. The lowest BCUT2D eigenvalue weighted by molar-refractivity contribution is 0.556. The topological polar surface area (TPSA) is 0 Å². The molecular formula is C21H34. The normalized spacial score (nSPS) is 10.8. The standard InChI is InChI=1S/C21H34/c1-4-6-7-8-9-10-11-12-13-14-18-21-19(3)16-15-17-20(21)5-2/h5,15-17H,2,4,6-14,18H2,1,3H3. The van der Waals surface area contributed by atoms with Gasteiger partial charge in [0, 0.05) is 0 Å². The van der Waals surface area contributed by atoms with Crippen LogP contribution in [0.5, 0.6) is 0 Å². The highest BCUT2D eigenvalue weighted by Crippen LogP contribution is 2.19. The first-order valence-electron chi connectivity index (χ1n) is 9.00. The van der Waals surface area contributed by atoms with Crippen molar-refractivity contribution >= 4 is 6.08 Å². The van der Waals surface area contributed by atoms with Crippen LogP contribution in [0.25, 0.3) is 6.08 Å². The monoisotopic (exact) mass is 286 g/mol. The summed E-state index contributed by atoms with van der Waals surface area (Å²) in [5.41, 5.74) is 4.25. The molecule has 118 valence electrons. The largest absolute Gasteiger partial charge is 0.0985 e. The van der Waals surface area contributed by atoms with Gasteiger partial charge < -0.3 is 0 Å². The van der Waals surface area contributed by atoms with Crippen molar-refractivity contribution in [3.05, 3.63) is 41.5 Å². The summed E-state index contributed by atoms with van der Waals surface area (Å²) in [6.07, 6.45) is 17.3. The minimum atomic E-state index is 1.21. The molecule has 0 saturated carbocycles. The van der Waals surface area contributed by atoms with Gasteiger partial charge in [-0.3, -0.25) is 0 Å². The van der Waals surface area contributed by atoms with E-state index >= 15 is 0 Å². The van der Waals surface area contributed by atoms with Crippen molar-refractivity contribution < 1.29 is 0 Å². The molecule has 21 heavy (non-hydrogen) atoms. The highest BCUT2D eigenvalue weighted by atomic mass is 14.1. The Morgan fingerprint density at radius 1 is 0.857 bits per heavy atom. The average Bonchev–Trinajstić information content (AvgIpc) is 2.50. The molecule has 0 saturated heterocycles. The van der Waals surface area contributed by atoms with Crippen molar-refractivity contribution in [3.63, 3.8) is 0 Å². The first kappa shape index (κ1) is 18.0. The molecule has 0 heteroatoms. The molecule has 0 nitrogen and oxygen atoms in total. The Morgan fingerprint density at radius 2 is 1.43 bits per heavy atom. The first-order valence-corrected chi connectivity index (χ1v) is 9.00. The maximum absolute atomic E-state index is 3.93. The fraction of sp³-hybridized carbons (Fsp3) is 0.619. The number of hydrogen-bond acceptors (Lipinski definition) is 0. The maximum Gasteiger partial charge on any atom is -0.0228 e. The fourth-order valence-electron chi connectivity index (χ4n) is 3.05. The summed E-state index contributed by atoms with van der Waals surface area (Å²) in [6, 6.07) is 6.54. The Kier molecular flexibility index (Phi) is 9.95. The molecule has 0 fully saturated rings. The zero-order valence-corrected chi connectivity index (χ0v) is 14.3. The van der Waals surface area contributed by atoms with Gasteiger partial charge in [0.05, 0.1) is 0 Å². The van der Waals surface area contributed by atoms with Gasteiger partial charge in [-0.1, -0.05) is 95.6 Å². The summed E-state index contributed by atoms with van der Waals surface area (Å²) in [7, 11) is 0. The Bertz CT molecular complexity index is 389. The van der Waals surface area contributed by atoms with Crippen molar-refractivity contribution in [3.8, 4) is 0 Å². The van der Waals surface area contributed by atoms with Crippen LogP contribution in [0.15, 0.2) is 24.8 Å². The molecule has 0 spiro atoms. The molecule has 0 amide bonds. The Hall–Kier alpha value is -1.04. The van der Waals surface area contributed by atoms with Gasteiger partial charge in [0.15, 0.2) is 0 Å². The Balaban J connectivity index is 2.08. The fourth-order valence-corrected chi connectivity index (χ4v) is 3.05. The third-order valence-corrected chi connectivity index (χ3v) is 4.45. The van der Waals surface area contributed by atoms with Gasteiger partial charge in [0.1, 0.15) is 0 Å². The van der Waals surface area contributed by atoms with Gasteiger partial charge in [-0.25, -0.2) is 0 Å². The quantitative estimate of drug-likeness (QED) is 0.359. The minimum absolute atomic E-state index is 1.21. The van der Waals surface area contributed by atoms with E-state index in [0.717, 1.165) is 0 Å². The number of hydrogen-bond donors (Lipinski definition) is 0. The van der Waals surface area contributed by atoms with E-state index in [4.69, 9.17) is 0 Å². The van der Waals surface area contributed by atoms with Gasteiger partial charge in [-0.15, -0.1) is 0 Å². The maximum atomic E-state index is 3.93. The minimum Gasteiger partial charge on any atom is -0.0985 e. The zero-order valence-electron chi connectivity index (χ0n) is 14.3. The van der Waals surface area contributed by atoms with Crippen molar-refractivity contribution in [2.24, 2.45) is 0 Å². The lowest BCUT2D eigenvalue weighted by atomic mass is 9.96. The predicted octanol–water partition coefficient (Wildman–Crippen LogP) is 7.10. The van der Waals surface area contributed by atoms with E-state index in [2.05, 4.69) is 38.6 Å².